The average Bonchev–Trinajstić information content (AvgIpc) is 4.08. The number of hydrogen-bond donors (Lipinski definition) is 6. The number of carbonyl (C=O) groups is 1. The number of ether oxygens (including phenoxy) is 4. The summed E-state index contributed by atoms with van der Waals surface area (Å²) in [6.07, 6.45) is 10.6. The molecule has 2 aliphatic carbocycles. The standard InChI is InChI=1S/2C29H31NO4.C10H16O/c2*1-20-26-14-11-24(32)19-27(26)34-29(28(20)21-5-9-23(31)10-6-21)22-7-12-25(13-8-22)33-18-17-30-15-3-2-4-16-30;1-9(2)7-4-5-10(9,3)8(11)6-7/h2*5-14,19,29,31-32H,2-4,15-18H2,1H3;7H,4-6H2,1-3H3/p+2/t2*29-;/m00./s1. The number of likely N-dealkylation sites (tertiary alicyclic amines) is 2. The fourth-order valence-electron chi connectivity index (χ4n) is 13.0. The lowest BCUT2D eigenvalue weighted by atomic mass is 9.70. The van der Waals surface area contributed by atoms with Gasteiger partial charge in [-0.15, -0.1) is 0 Å². The molecule has 4 fully saturated rings. The molecule has 0 amide bonds. The Kier molecular flexibility index (Phi) is 16.8. The molecule has 6 aromatic carbocycles. The lowest BCUT2D eigenvalue weighted by molar-refractivity contribution is -0.904. The molecule has 11 nitrogen and oxygen atoms in total. The Labute approximate surface area is 466 Å². The van der Waals surface area contributed by atoms with Gasteiger partial charge in [0.25, 0.3) is 0 Å². The van der Waals surface area contributed by atoms with Gasteiger partial charge in [-0.3, -0.25) is 4.79 Å². The first-order valence-corrected chi connectivity index (χ1v) is 28.8. The smallest absolute Gasteiger partial charge is 0.150 e. The van der Waals surface area contributed by atoms with Crippen LogP contribution < -0.4 is 28.7 Å². The highest BCUT2D eigenvalue weighted by Crippen LogP contribution is 2.63. The largest absolute Gasteiger partial charge is 0.508 e. The zero-order chi connectivity index (χ0) is 55.3. The molecule has 4 aliphatic heterocycles. The van der Waals surface area contributed by atoms with Crippen LogP contribution in [0.5, 0.6) is 46.0 Å². The molecule has 0 radical (unpaired) electrons. The third-order valence-electron chi connectivity index (χ3n) is 18.3. The summed E-state index contributed by atoms with van der Waals surface area (Å²) in [6.45, 7) is 19.4. The number of allylic oxidation sites excluding steroid dienone is 2. The van der Waals surface area contributed by atoms with E-state index < -0.39 is 0 Å². The number of ketones is 1. The van der Waals surface area contributed by atoms with Gasteiger partial charge in [0.1, 0.15) is 90.3 Å². The molecule has 79 heavy (non-hydrogen) atoms. The van der Waals surface area contributed by atoms with Gasteiger partial charge in [-0.2, -0.15) is 0 Å². The van der Waals surface area contributed by atoms with Crippen molar-refractivity contribution in [3.63, 3.8) is 0 Å². The zero-order valence-corrected chi connectivity index (χ0v) is 46.8. The minimum atomic E-state index is -0.342. The van der Waals surface area contributed by atoms with Crippen molar-refractivity contribution in [2.24, 2.45) is 16.7 Å². The second-order valence-electron chi connectivity index (χ2n) is 23.4. The minimum Gasteiger partial charge on any atom is -0.508 e. The molecule has 6 N–H and O–H groups in total. The number of fused-ring (bicyclic) bond motifs is 4. The maximum Gasteiger partial charge on any atom is 0.150 e. The summed E-state index contributed by atoms with van der Waals surface area (Å²) in [7, 11) is 0. The van der Waals surface area contributed by atoms with Crippen molar-refractivity contribution in [2.45, 2.75) is 105 Å². The van der Waals surface area contributed by atoms with Crippen LogP contribution in [0.4, 0.5) is 0 Å². The number of aromatic hydroxyl groups is 4. The van der Waals surface area contributed by atoms with Crippen LogP contribution in [0, 0.1) is 16.7 Å². The summed E-state index contributed by atoms with van der Waals surface area (Å²) in [6, 6.07) is 41.1. The quantitative estimate of drug-likeness (QED) is 0.0706. The van der Waals surface area contributed by atoms with Crippen LogP contribution in [0.1, 0.15) is 138 Å². The Morgan fingerprint density at radius 2 is 0.911 bits per heavy atom. The highest BCUT2D eigenvalue weighted by atomic mass is 16.5. The van der Waals surface area contributed by atoms with Crippen molar-refractivity contribution < 1.29 is 54.0 Å². The third kappa shape index (κ3) is 12.2. The molecule has 2 saturated carbocycles. The number of benzene rings is 6. The van der Waals surface area contributed by atoms with Crippen molar-refractivity contribution in [1.82, 2.24) is 0 Å². The van der Waals surface area contributed by atoms with E-state index in [1.54, 1.807) is 58.3 Å². The van der Waals surface area contributed by atoms with Crippen LogP contribution in [0.25, 0.3) is 22.3 Å². The van der Waals surface area contributed by atoms with E-state index >= 15 is 0 Å². The van der Waals surface area contributed by atoms with Gasteiger partial charge in [-0.25, -0.2) is 0 Å². The SMILES string of the molecule is CC12CCC(CC1=O)C2(C)C.CC1=C(c2ccc(O)cc2)[C@H](c2ccc(OCC[NH+]3CCCCC3)cc2)Oc2cc(O)ccc21.CC1=C(c2ccc(O)cc2)[C@H](c2ccc(OCC[NH+]3CCCCC3)cc2)Oc2cc(O)ccc21. The van der Waals surface area contributed by atoms with Gasteiger partial charge in [-0.05, 0) is 183 Å². The Morgan fingerprint density at radius 1 is 0.519 bits per heavy atom. The van der Waals surface area contributed by atoms with E-state index in [9.17, 15) is 25.2 Å². The topological polar surface area (TPSA) is 144 Å². The first kappa shape index (κ1) is 55.1. The van der Waals surface area contributed by atoms with E-state index in [2.05, 4.69) is 58.9 Å². The summed E-state index contributed by atoms with van der Waals surface area (Å²) in [5.74, 6) is 5.06. The summed E-state index contributed by atoms with van der Waals surface area (Å²) >= 11 is 0. The number of phenols is 4. The van der Waals surface area contributed by atoms with Crippen molar-refractivity contribution >= 4 is 28.1 Å². The lowest BCUT2D eigenvalue weighted by Gasteiger charge is -2.32. The molecule has 2 unspecified atom stereocenters. The monoisotopic (exact) mass is 1070 g/mol. The van der Waals surface area contributed by atoms with E-state index in [4.69, 9.17) is 18.9 Å². The molecule has 2 saturated heterocycles. The van der Waals surface area contributed by atoms with Gasteiger partial charge in [0.2, 0.25) is 0 Å². The molecular formula is C68H80N2O9+2. The molecule has 4 atom stereocenters. The summed E-state index contributed by atoms with van der Waals surface area (Å²) in [5.41, 5.74) is 10.5. The van der Waals surface area contributed by atoms with Gasteiger partial charge >= 0.3 is 0 Å². The maximum absolute atomic E-state index is 11.6. The average molecular weight is 1070 g/mol. The highest BCUT2D eigenvalue weighted by molar-refractivity contribution is 5.97. The van der Waals surface area contributed by atoms with Gasteiger partial charge in [0.05, 0.1) is 26.2 Å². The van der Waals surface area contributed by atoms with Crippen LogP contribution in [0.3, 0.4) is 0 Å². The van der Waals surface area contributed by atoms with Crippen LogP contribution in [-0.2, 0) is 4.79 Å². The predicted octanol–water partition coefficient (Wildman–Crippen LogP) is 11.6. The molecule has 6 aromatic rings. The van der Waals surface area contributed by atoms with Gasteiger partial charge < -0.3 is 49.2 Å². The Bertz CT molecular complexity index is 2950. The maximum atomic E-state index is 11.6. The summed E-state index contributed by atoms with van der Waals surface area (Å²) < 4.78 is 25.0. The first-order chi connectivity index (χ1) is 38.1. The Morgan fingerprint density at radius 3 is 1.25 bits per heavy atom. The van der Waals surface area contributed by atoms with Crippen LogP contribution >= 0.6 is 0 Å². The number of quaternary nitrogens is 2. The fraction of sp³-hybridized carbons (Fsp3) is 0.397. The van der Waals surface area contributed by atoms with E-state index in [0.717, 1.165) is 106 Å². The van der Waals surface area contributed by atoms with Gasteiger partial charge in [-0.1, -0.05) is 69.3 Å². The van der Waals surface area contributed by atoms with Crippen molar-refractivity contribution in [1.29, 1.82) is 0 Å². The van der Waals surface area contributed by atoms with Crippen molar-refractivity contribution in [2.75, 3.05) is 52.5 Å². The second-order valence-corrected chi connectivity index (χ2v) is 23.4. The number of phenolic OH excluding ortho intramolecular Hbond substituents is 4. The van der Waals surface area contributed by atoms with E-state index in [-0.39, 0.29) is 46.0 Å². The number of carbonyl (C=O) groups excluding carboxylic acids is 1. The molecule has 6 aliphatic rings. The number of hydrogen-bond acceptors (Lipinski definition) is 9. The Balaban J connectivity index is 0.000000149. The molecule has 2 bridgehead atoms. The van der Waals surface area contributed by atoms with Crippen molar-refractivity contribution in [3.8, 4) is 46.0 Å². The minimum absolute atomic E-state index is 0.0255. The number of piperidine rings is 2. The van der Waals surface area contributed by atoms with Crippen LogP contribution in [-0.4, -0.2) is 78.7 Å². The molecular weight excluding hydrogens is 989 g/mol. The molecule has 11 heteroatoms. The van der Waals surface area contributed by atoms with Gasteiger partial charge in [0, 0.05) is 46.2 Å². The number of rotatable bonds is 12. The van der Waals surface area contributed by atoms with Crippen LogP contribution in [0.15, 0.2) is 133 Å². The van der Waals surface area contributed by atoms with E-state index in [1.165, 1.54) is 71.1 Å². The lowest BCUT2D eigenvalue weighted by Crippen LogP contribution is -3.13. The highest BCUT2D eigenvalue weighted by Gasteiger charge is 2.61. The van der Waals surface area contributed by atoms with Crippen LogP contribution in [0.2, 0.25) is 0 Å². The first-order valence-electron chi connectivity index (χ1n) is 28.8. The molecule has 414 valence electrons. The summed E-state index contributed by atoms with van der Waals surface area (Å²) in [5, 5.41) is 39.6. The third-order valence-corrected chi connectivity index (χ3v) is 18.3. The van der Waals surface area contributed by atoms with E-state index in [0.29, 0.717) is 23.2 Å². The predicted molar refractivity (Wildman–Crippen MR) is 311 cm³/mol. The fourth-order valence-corrected chi connectivity index (χ4v) is 13.0. The molecule has 0 spiro atoms. The zero-order valence-electron chi connectivity index (χ0n) is 46.8. The second kappa shape index (κ2) is 24.0. The molecule has 0 aromatic heterocycles. The normalized spacial score (nSPS) is 22.3. The Hall–Kier alpha value is -7.21. The number of Topliss-reactive ketones (excluding diaryl/α,β-unsaturated/α-hetero) is 1. The summed E-state index contributed by atoms with van der Waals surface area (Å²) in [4.78, 5) is 14.9. The number of nitrogens with one attached hydrogen (secondary N) is 2. The van der Waals surface area contributed by atoms with E-state index in [1.807, 2.05) is 60.7 Å². The molecule has 12 rings (SSSR count). The molecule has 4 heterocycles. The van der Waals surface area contributed by atoms with Crippen molar-refractivity contribution in [3.05, 3.63) is 167 Å². The van der Waals surface area contributed by atoms with Gasteiger partial charge in [0.15, 0.2) is 0 Å².